The summed E-state index contributed by atoms with van der Waals surface area (Å²) < 4.78 is 47.2. The molecule has 2 aromatic rings. The number of nitro benzene ring substituents is 1. The van der Waals surface area contributed by atoms with Crippen LogP contribution in [0.1, 0.15) is 38.3 Å². The minimum Gasteiger partial charge on any atom is -0.466 e. The van der Waals surface area contributed by atoms with Gasteiger partial charge in [-0.1, -0.05) is 31.5 Å². The number of aryl methyl sites for hydroxylation is 1. The van der Waals surface area contributed by atoms with Crippen LogP contribution < -0.4 is 0 Å². The van der Waals surface area contributed by atoms with E-state index in [0.29, 0.717) is 5.56 Å². The van der Waals surface area contributed by atoms with Gasteiger partial charge in [0.15, 0.2) is 0 Å². The predicted molar refractivity (Wildman–Crippen MR) is 122 cm³/mol. The summed E-state index contributed by atoms with van der Waals surface area (Å²) in [5.74, 6) is -1.44. The summed E-state index contributed by atoms with van der Waals surface area (Å²) in [6, 6.07) is 6.59. The molecule has 1 atom stereocenters. The number of carbonyl (C=O) groups excluding carboxylic acids is 1. The summed E-state index contributed by atoms with van der Waals surface area (Å²) in [5.41, 5.74) is 0.0864. The molecule has 0 aliphatic heterocycles. The van der Waals surface area contributed by atoms with E-state index >= 15 is 0 Å². The largest absolute Gasteiger partial charge is 0.466 e. The SMILES string of the molecule is CCOC(=O)C[C@@H](C(C)C)N(Cc1ccc(Cl)c([N+](=O)[O-])c1)S(=O)(=O)c1ccc(F)c(C)c1. The van der Waals surface area contributed by atoms with Gasteiger partial charge in [0.2, 0.25) is 10.0 Å². The van der Waals surface area contributed by atoms with E-state index in [9.17, 15) is 27.7 Å². The molecule has 0 aliphatic rings. The number of hydrogen-bond donors (Lipinski definition) is 0. The number of benzene rings is 2. The maximum absolute atomic E-state index is 13.8. The van der Waals surface area contributed by atoms with Crippen LogP contribution >= 0.6 is 11.6 Å². The molecule has 0 aromatic heterocycles. The molecule has 0 radical (unpaired) electrons. The smallest absolute Gasteiger partial charge is 0.307 e. The lowest BCUT2D eigenvalue weighted by atomic mass is 10.0. The van der Waals surface area contributed by atoms with Crippen molar-refractivity contribution in [3.63, 3.8) is 0 Å². The summed E-state index contributed by atoms with van der Waals surface area (Å²) in [5, 5.41) is 11.2. The van der Waals surface area contributed by atoms with Crippen molar-refractivity contribution in [1.29, 1.82) is 0 Å². The van der Waals surface area contributed by atoms with Gasteiger partial charge < -0.3 is 4.74 Å². The highest BCUT2D eigenvalue weighted by molar-refractivity contribution is 7.89. The zero-order valence-electron chi connectivity index (χ0n) is 18.7. The van der Waals surface area contributed by atoms with E-state index in [1.807, 2.05) is 0 Å². The number of hydrogen-bond acceptors (Lipinski definition) is 6. The summed E-state index contributed by atoms with van der Waals surface area (Å²) in [6.45, 7) is 6.47. The third kappa shape index (κ3) is 6.49. The normalized spacial score (nSPS) is 12.7. The quantitative estimate of drug-likeness (QED) is 0.262. The Balaban J connectivity index is 2.61. The first-order valence-electron chi connectivity index (χ1n) is 10.2. The molecule has 2 rings (SSSR count). The van der Waals surface area contributed by atoms with Crippen molar-refractivity contribution >= 4 is 33.3 Å². The Hall–Kier alpha value is -2.56. The topological polar surface area (TPSA) is 107 Å². The molecule has 33 heavy (non-hydrogen) atoms. The van der Waals surface area contributed by atoms with Crippen LogP contribution in [0.5, 0.6) is 0 Å². The molecular weight excluding hydrogens is 475 g/mol. The highest BCUT2D eigenvalue weighted by Crippen LogP contribution is 2.30. The van der Waals surface area contributed by atoms with Gasteiger partial charge in [0.1, 0.15) is 10.8 Å². The fraction of sp³-hybridized carbons (Fsp3) is 0.409. The highest BCUT2D eigenvalue weighted by Gasteiger charge is 2.35. The van der Waals surface area contributed by atoms with E-state index in [0.717, 1.165) is 16.4 Å². The fourth-order valence-electron chi connectivity index (χ4n) is 3.33. The molecule has 2 aromatic carbocycles. The first kappa shape index (κ1) is 26.7. The Kier molecular flexibility index (Phi) is 8.93. The van der Waals surface area contributed by atoms with Gasteiger partial charge in [0.25, 0.3) is 5.69 Å². The van der Waals surface area contributed by atoms with E-state index in [1.54, 1.807) is 20.8 Å². The second-order valence-electron chi connectivity index (χ2n) is 7.82. The van der Waals surface area contributed by atoms with E-state index < -0.39 is 32.8 Å². The molecule has 0 bridgehead atoms. The van der Waals surface area contributed by atoms with Gasteiger partial charge in [-0.2, -0.15) is 4.31 Å². The van der Waals surface area contributed by atoms with Crippen molar-refractivity contribution in [3.8, 4) is 0 Å². The molecule has 0 spiro atoms. The molecule has 0 heterocycles. The van der Waals surface area contributed by atoms with Crippen LogP contribution in [-0.2, 0) is 26.1 Å². The molecule has 180 valence electrons. The Bertz CT molecular complexity index is 1140. The van der Waals surface area contributed by atoms with E-state index in [4.69, 9.17) is 16.3 Å². The number of carbonyl (C=O) groups is 1. The predicted octanol–water partition coefficient (Wildman–Crippen LogP) is 4.86. The second-order valence-corrected chi connectivity index (χ2v) is 10.1. The molecular formula is C22H26ClFN2O6S. The lowest BCUT2D eigenvalue weighted by Gasteiger charge is -2.33. The number of rotatable bonds is 10. The molecule has 0 N–H and O–H groups in total. The van der Waals surface area contributed by atoms with Crippen LogP contribution in [0.3, 0.4) is 0 Å². The molecule has 0 fully saturated rings. The van der Waals surface area contributed by atoms with Gasteiger partial charge in [-0.05, 0) is 55.2 Å². The van der Waals surface area contributed by atoms with E-state index in [2.05, 4.69) is 0 Å². The number of sulfonamides is 1. The first-order chi connectivity index (χ1) is 15.4. The molecule has 8 nitrogen and oxygen atoms in total. The highest BCUT2D eigenvalue weighted by atomic mass is 35.5. The number of halogens is 2. The fourth-order valence-corrected chi connectivity index (χ4v) is 5.35. The summed E-state index contributed by atoms with van der Waals surface area (Å²) >= 11 is 5.89. The summed E-state index contributed by atoms with van der Waals surface area (Å²) in [4.78, 5) is 22.8. The van der Waals surface area contributed by atoms with Crippen LogP contribution in [0, 0.1) is 28.8 Å². The molecule has 0 aliphatic carbocycles. The molecule has 11 heteroatoms. The van der Waals surface area contributed by atoms with Gasteiger partial charge in [0.05, 0.1) is 22.8 Å². The van der Waals surface area contributed by atoms with E-state index in [1.165, 1.54) is 31.2 Å². The van der Waals surface area contributed by atoms with Crippen molar-refractivity contribution in [2.24, 2.45) is 5.92 Å². The third-order valence-corrected chi connectivity index (χ3v) is 7.29. The number of ether oxygens (including phenoxy) is 1. The maximum Gasteiger partial charge on any atom is 0.307 e. The Morgan fingerprint density at radius 2 is 1.91 bits per heavy atom. The molecule has 0 saturated carbocycles. The lowest BCUT2D eigenvalue weighted by molar-refractivity contribution is -0.384. The van der Waals surface area contributed by atoms with Crippen molar-refractivity contribution in [1.82, 2.24) is 4.31 Å². The minimum absolute atomic E-state index is 0.0840. The average molecular weight is 501 g/mol. The average Bonchev–Trinajstić information content (AvgIpc) is 2.73. The second kappa shape index (κ2) is 11.0. The summed E-state index contributed by atoms with van der Waals surface area (Å²) in [6.07, 6.45) is -0.222. The van der Waals surface area contributed by atoms with Crippen LogP contribution in [0.25, 0.3) is 0 Å². The monoisotopic (exact) mass is 500 g/mol. The number of nitrogens with zero attached hydrogens (tertiary/aromatic N) is 2. The van der Waals surface area contributed by atoms with Crippen LogP contribution in [0.2, 0.25) is 5.02 Å². The van der Waals surface area contributed by atoms with Crippen LogP contribution in [0.4, 0.5) is 10.1 Å². The Morgan fingerprint density at radius 1 is 1.24 bits per heavy atom. The zero-order chi connectivity index (χ0) is 24.9. The van der Waals surface area contributed by atoms with Gasteiger partial charge in [-0.25, -0.2) is 12.8 Å². The lowest BCUT2D eigenvalue weighted by Crippen LogP contribution is -2.44. The zero-order valence-corrected chi connectivity index (χ0v) is 20.3. The van der Waals surface area contributed by atoms with Crippen molar-refractivity contribution in [2.45, 2.75) is 51.6 Å². The van der Waals surface area contributed by atoms with Gasteiger partial charge in [-0.3, -0.25) is 14.9 Å². The Labute approximate surface area is 197 Å². The van der Waals surface area contributed by atoms with Crippen molar-refractivity contribution in [3.05, 3.63) is 68.5 Å². The summed E-state index contributed by atoms with van der Waals surface area (Å²) in [7, 11) is -4.23. The van der Waals surface area contributed by atoms with Gasteiger partial charge in [0, 0.05) is 18.7 Å². The number of nitro groups is 1. The molecule has 0 amide bonds. The van der Waals surface area contributed by atoms with Crippen LogP contribution in [-0.4, -0.2) is 36.3 Å². The standard InChI is InChI=1S/C22H26ClFN2O6S/c1-5-32-22(27)12-20(14(2)3)25(13-16-6-8-18(23)21(11-16)26(28)29)33(30,31)17-7-9-19(24)15(4)10-17/h6-11,14,20H,5,12-13H2,1-4H3/t20-/m0/s1. The Morgan fingerprint density at radius 3 is 2.45 bits per heavy atom. The van der Waals surface area contributed by atoms with Crippen molar-refractivity contribution in [2.75, 3.05) is 6.61 Å². The van der Waals surface area contributed by atoms with Crippen molar-refractivity contribution < 1.29 is 27.3 Å². The minimum atomic E-state index is -4.23. The van der Waals surface area contributed by atoms with Gasteiger partial charge in [-0.15, -0.1) is 0 Å². The molecule has 0 saturated heterocycles. The first-order valence-corrected chi connectivity index (χ1v) is 12.1. The van der Waals surface area contributed by atoms with E-state index in [-0.39, 0.29) is 46.7 Å². The third-order valence-electron chi connectivity index (χ3n) is 5.10. The van der Waals surface area contributed by atoms with Gasteiger partial charge >= 0.3 is 5.97 Å². The molecule has 0 unspecified atom stereocenters. The number of esters is 1. The maximum atomic E-state index is 13.8. The van der Waals surface area contributed by atoms with Crippen LogP contribution in [0.15, 0.2) is 41.3 Å².